The lowest BCUT2D eigenvalue weighted by molar-refractivity contribution is -0.140. The zero-order chi connectivity index (χ0) is 18.8. The number of amides is 1. The van der Waals surface area contributed by atoms with Crippen molar-refractivity contribution in [1.82, 2.24) is 4.31 Å². The molecule has 0 bridgehead atoms. The van der Waals surface area contributed by atoms with Crippen molar-refractivity contribution >= 4 is 21.6 Å². The van der Waals surface area contributed by atoms with Crippen LogP contribution >= 0.6 is 0 Å². The van der Waals surface area contributed by atoms with Crippen LogP contribution in [0.3, 0.4) is 0 Å². The maximum atomic E-state index is 13.3. The Morgan fingerprint density at radius 3 is 2.40 bits per heavy atom. The van der Waals surface area contributed by atoms with Gasteiger partial charge in [0.1, 0.15) is 5.82 Å². The molecule has 25 heavy (non-hydrogen) atoms. The summed E-state index contributed by atoms with van der Waals surface area (Å²) in [6, 6.07) is 2.25. The standard InChI is InChI=1S/C15H18F4N2O3S/c1-2-25(23,24)21-7-5-10(6-8-21)14(22)20-11-3-4-13(16)12(9-11)15(17,18)19/h3-4,9-10H,2,5-8H2,1H3,(H,20,22). The van der Waals surface area contributed by atoms with E-state index in [1.807, 2.05) is 0 Å². The van der Waals surface area contributed by atoms with Gasteiger partial charge in [-0.25, -0.2) is 17.1 Å². The van der Waals surface area contributed by atoms with E-state index in [0.717, 1.165) is 6.07 Å². The van der Waals surface area contributed by atoms with Crippen LogP contribution in [-0.2, 0) is 21.0 Å². The quantitative estimate of drug-likeness (QED) is 0.815. The van der Waals surface area contributed by atoms with Crippen LogP contribution in [0, 0.1) is 11.7 Å². The molecule has 0 saturated carbocycles. The van der Waals surface area contributed by atoms with E-state index >= 15 is 0 Å². The SMILES string of the molecule is CCS(=O)(=O)N1CCC(C(=O)Nc2ccc(F)c(C(F)(F)F)c2)CC1. The van der Waals surface area contributed by atoms with Gasteiger partial charge in [0.15, 0.2) is 0 Å². The number of anilines is 1. The van der Waals surface area contributed by atoms with Gasteiger partial charge in [-0.15, -0.1) is 0 Å². The number of carbonyl (C=O) groups excluding carboxylic acids is 1. The molecule has 140 valence electrons. The number of hydrogen-bond donors (Lipinski definition) is 1. The molecule has 0 aromatic heterocycles. The van der Waals surface area contributed by atoms with Gasteiger partial charge in [0, 0.05) is 24.7 Å². The third-order valence-electron chi connectivity index (χ3n) is 4.12. The van der Waals surface area contributed by atoms with Gasteiger partial charge in [-0.05, 0) is 38.0 Å². The number of rotatable bonds is 4. The van der Waals surface area contributed by atoms with Gasteiger partial charge in [0.25, 0.3) is 0 Å². The van der Waals surface area contributed by atoms with Crippen LogP contribution in [0.2, 0.25) is 0 Å². The molecule has 1 N–H and O–H groups in total. The van der Waals surface area contributed by atoms with E-state index < -0.39 is 39.4 Å². The van der Waals surface area contributed by atoms with Crippen molar-refractivity contribution in [3.63, 3.8) is 0 Å². The van der Waals surface area contributed by atoms with Crippen LogP contribution in [0.4, 0.5) is 23.2 Å². The van der Waals surface area contributed by atoms with Crippen molar-refractivity contribution in [3.8, 4) is 0 Å². The number of benzene rings is 1. The summed E-state index contributed by atoms with van der Waals surface area (Å²) in [5, 5.41) is 2.35. The van der Waals surface area contributed by atoms with Gasteiger partial charge in [-0.3, -0.25) is 4.79 Å². The number of hydrogen-bond acceptors (Lipinski definition) is 3. The normalized spacial score (nSPS) is 17.5. The first-order valence-corrected chi connectivity index (χ1v) is 9.31. The summed E-state index contributed by atoms with van der Waals surface area (Å²) in [6.45, 7) is 1.90. The maximum absolute atomic E-state index is 13.3. The first-order chi connectivity index (χ1) is 11.5. The molecule has 1 heterocycles. The molecule has 1 amide bonds. The van der Waals surface area contributed by atoms with Crippen molar-refractivity contribution in [3.05, 3.63) is 29.6 Å². The molecule has 0 aliphatic carbocycles. The summed E-state index contributed by atoms with van der Waals surface area (Å²) in [4.78, 5) is 12.2. The summed E-state index contributed by atoms with van der Waals surface area (Å²) in [5.41, 5.74) is -1.60. The van der Waals surface area contributed by atoms with E-state index in [1.54, 1.807) is 0 Å². The first-order valence-electron chi connectivity index (χ1n) is 7.70. The van der Waals surface area contributed by atoms with Gasteiger partial charge in [0.2, 0.25) is 15.9 Å². The fourth-order valence-electron chi connectivity index (χ4n) is 2.64. The number of carbonyl (C=O) groups is 1. The van der Waals surface area contributed by atoms with Crippen LogP contribution in [0.15, 0.2) is 18.2 Å². The molecule has 1 aliphatic rings. The summed E-state index contributed by atoms with van der Waals surface area (Å²) in [5.74, 6) is -2.46. The average molecular weight is 382 g/mol. The molecule has 1 aromatic rings. The fourth-order valence-corrected chi connectivity index (χ4v) is 3.78. The van der Waals surface area contributed by atoms with E-state index in [9.17, 15) is 30.8 Å². The highest BCUT2D eigenvalue weighted by atomic mass is 32.2. The largest absolute Gasteiger partial charge is 0.419 e. The molecule has 10 heteroatoms. The highest BCUT2D eigenvalue weighted by molar-refractivity contribution is 7.89. The second-order valence-corrected chi connectivity index (χ2v) is 8.01. The van der Waals surface area contributed by atoms with Crippen molar-refractivity contribution in [2.45, 2.75) is 25.9 Å². The predicted octanol–water partition coefficient (Wildman–Crippen LogP) is 2.84. The van der Waals surface area contributed by atoms with Crippen LogP contribution < -0.4 is 5.32 Å². The summed E-state index contributed by atoms with van der Waals surface area (Å²) < 4.78 is 76.2. The minimum Gasteiger partial charge on any atom is -0.326 e. The Bertz CT molecular complexity index is 742. The minimum atomic E-state index is -4.86. The molecule has 2 rings (SSSR count). The molecule has 0 spiro atoms. The molecule has 5 nitrogen and oxygen atoms in total. The smallest absolute Gasteiger partial charge is 0.326 e. The van der Waals surface area contributed by atoms with Crippen LogP contribution in [-0.4, -0.2) is 37.5 Å². The van der Waals surface area contributed by atoms with E-state index in [-0.39, 0.29) is 37.4 Å². The van der Waals surface area contributed by atoms with Crippen LogP contribution in [0.1, 0.15) is 25.3 Å². The Hall–Kier alpha value is -1.68. The molecular formula is C15H18F4N2O3S. The third-order valence-corrected chi connectivity index (χ3v) is 6.00. The zero-order valence-corrected chi connectivity index (χ0v) is 14.3. The van der Waals surface area contributed by atoms with Crippen LogP contribution in [0.5, 0.6) is 0 Å². The third kappa shape index (κ3) is 4.69. The van der Waals surface area contributed by atoms with Gasteiger partial charge in [0.05, 0.1) is 11.3 Å². The molecule has 0 unspecified atom stereocenters. The molecule has 1 saturated heterocycles. The van der Waals surface area contributed by atoms with Crippen molar-refractivity contribution in [1.29, 1.82) is 0 Å². The molecular weight excluding hydrogens is 364 g/mol. The maximum Gasteiger partial charge on any atom is 0.419 e. The summed E-state index contributed by atoms with van der Waals surface area (Å²) in [7, 11) is -3.32. The highest BCUT2D eigenvalue weighted by Crippen LogP contribution is 2.33. The van der Waals surface area contributed by atoms with Crippen molar-refractivity contribution in [2.75, 3.05) is 24.2 Å². The topological polar surface area (TPSA) is 66.5 Å². The molecule has 0 radical (unpaired) electrons. The predicted molar refractivity (Wildman–Crippen MR) is 83.8 cm³/mol. The number of nitrogens with zero attached hydrogens (tertiary/aromatic N) is 1. The molecule has 0 atom stereocenters. The Kier molecular flexibility index (Phi) is 5.72. The second-order valence-electron chi connectivity index (χ2n) is 5.76. The molecule has 1 aromatic carbocycles. The average Bonchev–Trinajstić information content (AvgIpc) is 2.55. The minimum absolute atomic E-state index is 0.0281. The molecule has 1 fully saturated rings. The zero-order valence-electron chi connectivity index (χ0n) is 13.4. The van der Waals surface area contributed by atoms with E-state index in [4.69, 9.17) is 0 Å². The van der Waals surface area contributed by atoms with E-state index in [1.165, 1.54) is 11.2 Å². The summed E-state index contributed by atoms with van der Waals surface area (Å²) >= 11 is 0. The second kappa shape index (κ2) is 7.28. The van der Waals surface area contributed by atoms with Crippen molar-refractivity contribution in [2.24, 2.45) is 5.92 Å². The molecule has 1 aliphatic heterocycles. The Balaban J connectivity index is 2.02. The Labute approximate surface area is 143 Å². The number of alkyl halides is 3. The van der Waals surface area contributed by atoms with Gasteiger partial charge in [-0.2, -0.15) is 13.2 Å². The lowest BCUT2D eigenvalue weighted by atomic mass is 9.97. The monoisotopic (exact) mass is 382 g/mol. The number of sulfonamides is 1. The van der Waals surface area contributed by atoms with Gasteiger partial charge < -0.3 is 5.32 Å². The van der Waals surface area contributed by atoms with Crippen molar-refractivity contribution < 1.29 is 30.8 Å². The Morgan fingerprint density at radius 1 is 1.28 bits per heavy atom. The van der Waals surface area contributed by atoms with E-state index in [2.05, 4.69) is 5.32 Å². The first kappa shape index (κ1) is 19.6. The van der Waals surface area contributed by atoms with Gasteiger partial charge in [-0.1, -0.05) is 0 Å². The van der Waals surface area contributed by atoms with Gasteiger partial charge >= 0.3 is 6.18 Å². The lowest BCUT2D eigenvalue weighted by Gasteiger charge is -2.30. The fraction of sp³-hybridized carbons (Fsp3) is 0.533. The Morgan fingerprint density at radius 2 is 1.88 bits per heavy atom. The highest BCUT2D eigenvalue weighted by Gasteiger charge is 2.35. The number of halogens is 4. The summed E-state index contributed by atoms with van der Waals surface area (Å²) in [6.07, 6.45) is -4.30. The number of piperidine rings is 1. The number of nitrogens with one attached hydrogen (secondary N) is 1. The lowest BCUT2D eigenvalue weighted by Crippen LogP contribution is -2.42. The van der Waals surface area contributed by atoms with E-state index in [0.29, 0.717) is 12.1 Å². The van der Waals surface area contributed by atoms with Crippen LogP contribution in [0.25, 0.3) is 0 Å².